The lowest BCUT2D eigenvalue weighted by molar-refractivity contribution is -0.153. The third-order valence-corrected chi connectivity index (χ3v) is 2.75. The van der Waals surface area contributed by atoms with E-state index in [4.69, 9.17) is 4.74 Å². The van der Waals surface area contributed by atoms with Gasteiger partial charge in [-0.1, -0.05) is 27.7 Å². The van der Waals surface area contributed by atoms with Gasteiger partial charge in [-0.05, 0) is 25.7 Å². The summed E-state index contributed by atoms with van der Waals surface area (Å²) in [7, 11) is 0. The summed E-state index contributed by atoms with van der Waals surface area (Å²) in [6.07, 6.45) is 1.36. The fraction of sp³-hybridized carbons (Fsp3) is 0.846. The number of carbonyl (C=O) groups excluding carboxylic acids is 2. The Morgan fingerprint density at radius 1 is 1.06 bits per heavy atom. The summed E-state index contributed by atoms with van der Waals surface area (Å²) in [5.41, 5.74) is 0. The van der Waals surface area contributed by atoms with E-state index in [-0.39, 0.29) is 23.6 Å². The van der Waals surface area contributed by atoms with Crippen molar-refractivity contribution >= 4 is 11.8 Å². The van der Waals surface area contributed by atoms with Crippen molar-refractivity contribution in [2.75, 3.05) is 6.61 Å². The predicted molar refractivity (Wildman–Crippen MR) is 64.0 cm³/mol. The molecular formula is C13H24O3. The van der Waals surface area contributed by atoms with Gasteiger partial charge in [-0.15, -0.1) is 0 Å². The molecular weight excluding hydrogens is 204 g/mol. The maximum atomic E-state index is 11.8. The average molecular weight is 228 g/mol. The van der Waals surface area contributed by atoms with Crippen LogP contribution in [0.1, 0.15) is 47.5 Å². The van der Waals surface area contributed by atoms with E-state index in [1.54, 1.807) is 6.92 Å². The fourth-order valence-electron chi connectivity index (χ4n) is 1.83. The van der Waals surface area contributed by atoms with E-state index < -0.39 is 0 Å². The molecule has 0 aliphatic rings. The highest BCUT2D eigenvalue weighted by molar-refractivity contribution is 5.85. The molecule has 0 fully saturated rings. The highest BCUT2D eigenvalue weighted by Crippen LogP contribution is 2.22. The third-order valence-electron chi connectivity index (χ3n) is 2.75. The van der Waals surface area contributed by atoms with Crippen LogP contribution in [-0.2, 0) is 14.3 Å². The average Bonchev–Trinajstić information content (AvgIpc) is 2.21. The molecule has 0 rings (SSSR count). The predicted octanol–water partition coefficient (Wildman–Crippen LogP) is 2.83. The summed E-state index contributed by atoms with van der Waals surface area (Å²) in [6.45, 7) is 9.83. The van der Waals surface area contributed by atoms with Crippen molar-refractivity contribution in [2.24, 2.45) is 17.8 Å². The number of esters is 1. The second-order valence-corrected chi connectivity index (χ2v) is 4.66. The van der Waals surface area contributed by atoms with E-state index in [9.17, 15) is 9.59 Å². The molecule has 16 heavy (non-hydrogen) atoms. The minimum absolute atomic E-state index is 0.0795. The minimum Gasteiger partial charge on any atom is -0.465 e. The second kappa shape index (κ2) is 7.42. The molecule has 94 valence electrons. The van der Waals surface area contributed by atoms with Crippen molar-refractivity contribution in [2.45, 2.75) is 47.5 Å². The molecule has 2 atom stereocenters. The van der Waals surface area contributed by atoms with Gasteiger partial charge in [0.1, 0.15) is 5.78 Å². The molecule has 0 N–H and O–H groups in total. The van der Waals surface area contributed by atoms with Crippen LogP contribution in [0.15, 0.2) is 0 Å². The van der Waals surface area contributed by atoms with Crippen LogP contribution in [0.4, 0.5) is 0 Å². The Hall–Kier alpha value is -0.860. The summed E-state index contributed by atoms with van der Waals surface area (Å²) in [4.78, 5) is 23.2. The van der Waals surface area contributed by atoms with Crippen LogP contribution in [0, 0.1) is 17.8 Å². The molecule has 0 aromatic rings. The summed E-state index contributed by atoms with van der Waals surface area (Å²) in [5, 5.41) is 0. The zero-order chi connectivity index (χ0) is 12.7. The monoisotopic (exact) mass is 228 g/mol. The van der Waals surface area contributed by atoms with Crippen molar-refractivity contribution in [3.63, 3.8) is 0 Å². The maximum Gasteiger partial charge on any atom is 0.309 e. The molecule has 0 amide bonds. The molecule has 0 spiro atoms. The summed E-state index contributed by atoms with van der Waals surface area (Å²) in [6, 6.07) is 0. The summed E-state index contributed by atoms with van der Waals surface area (Å²) >= 11 is 0. The zero-order valence-corrected chi connectivity index (χ0v) is 11.1. The quantitative estimate of drug-likeness (QED) is 0.629. The van der Waals surface area contributed by atoms with Crippen LogP contribution >= 0.6 is 0 Å². The molecule has 0 aliphatic heterocycles. The van der Waals surface area contributed by atoms with E-state index in [1.807, 2.05) is 27.7 Å². The highest BCUT2D eigenvalue weighted by Gasteiger charge is 2.29. The van der Waals surface area contributed by atoms with E-state index in [0.29, 0.717) is 25.4 Å². The third kappa shape index (κ3) is 4.77. The van der Waals surface area contributed by atoms with Gasteiger partial charge >= 0.3 is 5.97 Å². The number of ketones is 1. The van der Waals surface area contributed by atoms with Gasteiger partial charge in [-0.3, -0.25) is 9.59 Å². The number of Topliss-reactive ketones (excluding diaryl/α,β-unsaturated/α-hetero) is 1. The molecule has 0 radical (unpaired) electrons. The lowest BCUT2D eigenvalue weighted by Crippen LogP contribution is -2.30. The summed E-state index contributed by atoms with van der Waals surface area (Å²) < 4.78 is 5.20. The highest BCUT2D eigenvalue weighted by atomic mass is 16.5. The van der Waals surface area contributed by atoms with Crippen LogP contribution in [0.25, 0.3) is 0 Å². The molecule has 0 aromatic heterocycles. The van der Waals surface area contributed by atoms with Crippen molar-refractivity contribution in [3.05, 3.63) is 0 Å². The molecule has 0 saturated carbocycles. The smallest absolute Gasteiger partial charge is 0.309 e. The van der Waals surface area contributed by atoms with Gasteiger partial charge in [-0.25, -0.2) is 0 Å². The van der Waals surface area contributed by atoms with Crippen LogP contribution in [0.5, 0.6) is 0 Å². The first-order chi connectivity index (χ1) is 7.43. The maximum absolute atomic E-state index is 11.8. The SMILES string of the molecule is CCC(C(C)=O)C(CC)C(=O)OCC(C)C. The Bertz CT molecular complexity index is 233. The van der Waals surface area contributed by atoms with E-state index >= 15 is 0 Å². The normalized spacial score (nSPS) is 14.6. The van der Waals surface area contributed by atoms with Gasteiger partial charge in [0.25, 0.3) is 0 Å². The number of rotatable bonds is 7. The van der Waals surface area contributed by atoms with Crippen LogP contribution in [0.3, 0.4) is 0 Å². The molecule has 0 saturated heterocycles. The Morgan fingerprint density at radius 3 is 1.88 bits per heavy atom. The van der Waals surface area contributed by atoms with Gasteiger partial charge < -0.3 is 4.74 Å². The Balaban J connectivity index is 4.46. The first-order valence-electron chi connectivity index (χ1n) is 6.11. The zero-order valence-electron chi connectivity index (χ0n) is 11.1. The van der Waals surface area contributed by atoms with Crippen LogP contribution < -0.4 is 0 Å². The number of ether oxygens (including phenoxy) is 1. The minimum atomic E-state index is -0.277. The van der Waals surface area contributed by atoms with E-state index in [0.717, 1.165) is 0 Å². The van der Waals surface area contributed by atoms with E-state index in [1.165, 1.54) is 0 Å². The van der Waals surface area contributed by atoms with Gasteiger partial charge in [0.15, 0.2) is 0 Å². The molecule has 0 aromatic carbocycles. The Morgan fingerprint density at radius 2 is 1.56 bits per heavy atom. The molecule has 2 unspecified atom stereocenters. The van der Waals surface area contributed by atoms with Crippen molar-refractivity contribution < 1.29 is 14.3 Å². The van der Waals surface area contributed by atoms with Gasteiger partial charge in [0.05, 0.1) is 12.5 Å². The Labute approximate surface area is 98.6 Å². The molecule has 0 aliphatic carbocycles. The molecule has 0 bridgehead atoms. The van der Waals surface area contributed by atoms with Crippen molar-refractivity contribution in [1.82, 2.24) is 0 Å². The molecule has 0 heterocycles. The molecule has 3 heteroatoms. The summed E-state index contributed by atoms with van der Waals surface area (Å²) in [5.74, 6) is -0.279. The number of hydrogen-bond donors (Lipinski definition) is 0. The first kappa shape index (κ1) is 15.1. The number of carbonyl (C=O) groups is 2. The van der Waals surface area contributed by atoms with Crippen molar-refractivity contribution in [3.8, 4) is 0 Å². The van der Waals surface area contributed by atoms with Gasteiger partial charge in [-0.2, -0.15) is 0 Å². The largest absolute Gasteiger partial charge is 0.465 e. The topological polar surface area (TPSA) is 43.4 Å². The fourth-order valence-corrected chi connectivity index (χ4v) is 1.83. The second-order valence-electron chi connectivity index (χ2n) is 4.66. The number of hydrogen-bond acceptors (Lipinski definition) is 3. The van der Waals surface area contributed by atoms with Crippen LogP contribution in [-0.4, -0.2) is 18.4 Å². The lowest BCUT2D eigenvalue weighted by atomic mass is 9.85. The Kier molecular flexibility index (Phi) is 7.02. The van der Waals surface area contributed by atoms with Crippen molar-refractivity contribution in [1.29, 1.82) is 0 Å². The lowest BCUT2D eigenvalue weighted by Gasteiger charge is -2.21. The standard InChI is InChI=1S/C13H24O3/c1-6-11(10(5)14)12(7-2)13(15)16-8-9(3)4/h9,11-12H,6-8H2,1-5H3. The van der Waals surface area contributed by atoms with Gasteiger partial charge in [0.2, 0.25) is 0 Å². The molecule has 3 nitrogen and oxygen atoms in total. The van der Waals surface area contributed by atoms with E-state index in [2.05, 4.69) is 0 Å². The van der Waals surface area contributed by atoms with Gasteiger partial charge in [0, 0.05) is 5.92 Å². The van der Waals surface area contributed by atoms with Crippen LogP contribution in [0.2, 0.25) is 0 Å². The first-order valence-corrected chi connectivity index (χ1v) is 6.11.